The standard InChI is InChI=1S/C20H25ClFN5.HI/c1-23-20(25-12-8-16-17(21)5-4-6-18(16)22)26-15-9-13-27(14-10-15)19-7-2-3-11-24-19;/h2-7,11,15H,8-10,12-14H2,1H3,(H2,23,25,26);1H. The molecule has 0 radical (unpaired) electrons. The molecule has 2 N–H and O–H groups in total. The highest BCUT2D eigenvalue weighted by molar-refractivity contribution is 14.0. The molecule has 0 aliphatic carbocycles. The molecule has 1 aromatic carbocycles. The van der Waals surface area contributed by atoms with Crippen molar-refractivity contribution in [1.82, 2.24) is 15.6 Å². The van der Waals surface area contributed by atoms with Crippen LogP contribution in [0.1, 0.15) is 18.4 Å². The Morgan fingerprint density at radius 3 is 2.68 bits per heavy atom. The van der Waals surface area contributed by atoms with E-state index in [0.29, 0.717) is 29.6 Å². The summed E-state index contributed by atoms with van der Waals surface area (Å²) in [6, 6.07) is 11.1. The lowest BCUT2D eigenvalue weighted by molar-refractivity contribution is 0.459. The molecular weight excluding hydrogens is 492 g/mol. The predicted molar refractivity (Wildman–Crippen MR) is 124 cm³/mol. The van der Waals surface area contributed by atoms with Crippen molar-refractivity contribution in [3.05, 3.63) is 59.0 Å². The van der Waals surface area contributed by atoms with Crippen LogP contribution in [0.3, 0.4) is 0 Å². The van der Waals surface area contributed by atoms with Crippen molar-refractivity contribution in [2.75, 3.05) is 31.6 Å². The Balaban J connectivity index is 0.00000280. The maximum absolute atomic E-state index is 13.8. The van der Waals surface area contributed by atoms with E-state index in [-0.39, 0.29) is 29.8 Å². The minimum absolute atomic E-state index is 0. The third-order valence-electron chi connectivity index (χ3n) is 4.76. The Bertz CT molecular complexity index is 746. The van der Waals surface area contributed by atoms with Gasteiger partial charge in [-0.3, -0.25) is 4.99 Å². The van der Waals surface area contributed by atoms with Gasteiger partial charge in [-0.25, -0.2) is 9.37 Å². The number of anilines is 1. The zero-order chi connectivity index (χ0) is 19.1. The lowest BCUT2D eigenvalue weighted by Crippen LogP contribution is -2.49. The van der Waals surface area contributed by atoms with E-state index in [4.69, 9.17) is 11.6 Å². The number of nitrogens with zero attached hydrogens (tertiary/aromatic N) is 3. The summed E-state index contributed by atoms with van der Waals surface area (Å²) in [5, 5.41) is 7.17. The molecule has 5 nitrogen and oxygen atoms in total. The van der Waals surface area contributed by atoms with Crippen molar-refractivity contribution >= 4 is 47.4 Å². The first-order chi connectivity index (χ1) is 13.2. The van der Waals surface area contributed by atoms with Gasteiger partial charge in [0.15, 0.2) is 5.96 Å². The van der Waals surface area contributed by atoms with Crippen LogP contribution in [0.2, 0.25) is 5.02 Å². The summed E-state index contributed by atoms with van der Waals surface area (Å²) in [6.07, 6.45) is 4.35. The van der Waals surface area contributed by atoms with Gasteiger partial charge in [0.2, 0.25) is 0 Å². The molecule has 0 atom stereocenters. The minimum atomic E-state index is -0.269. The van der Waals surface area contributed by atoms with E-state index in [1.54, 1.807) is 19.2 Å². The zero-order valence-corrected chi connectivity index (χ0v) is 19.0. The smallest absolute Gasteiger partial charge is 0.191 e. The third kappa shape index (κ3) is 6.20. The Labute approximate surface area is 187 Å². The number of aliphatic imine (C=N–C) groups is 1. The van der Waals surface area contributed by atoms with Gasteiger partial charge in [0.05, 0.1) is 0 Å². The summed E-state index contributed by atoms with van der Waals surface area (Å²) >= 11 is 6.08. The van der Waals surface area contributed by atoms with Crippen molar-refractivity contribution in [2.45, 2.75) is 25.3 Å². The highest BCUT2D eigenvalue weighted by Gasteiger charge is 2.20. The van der Waals surface area contributed by atoms with Crippen LogP contribution in [0.5, 0.6) is 0 Å². The topological polar surface area (TPSA) is 52.6 Å². The van der Waals surface area contributed by atoms with Gasteiger partial charge in [0, 0.05) is 49.5 Å². The first-order valence-corrected chi connectivity index (χ1v) is 9.61. The van der Waals surface area contributed by atoms with E-state index >= 15 is 0 Å². The molecule has 0 spiro atoms. The lowest BCUT2D eigenvalue weighted by Gasteiger charge is -2.33. The van der Waals surface area contributed by atoms with Crippen molar-refractivity contribution in [1.29, 1.82) is 0 Å². The van der Waals surface area contributed by atoms with Gasteiger partial charge in [0.1, 0.15) is 11.6 Å². The highest BCUT2D eigenvalue weighted by atomic mass is 127. The number of pyridine rings is 1. The number of hydrogen-bond donors (Lipinski definition) is 2. The molecule has 1 aliphatic rings. The van der Waals surface area contributed by atoms with Crippen LogP contribution in [0.25, 0.3) is 0 Å². The Hall–Kier alpha value is -1.61. The molecule has 0 saturated carbocycles. The number of benzene rings is 1. The Morgan fingerprint density at radius 2 is 2.04 bits per heavy atom. The first-order valence-electron chi connectivity index (χ1n) is 9.23. The molecule has 1 saturated heterocycles. The van der Waals surface area contributed by atoms with Crippen LogP contribution in [0.4, 0.5) is 10.2 Å². The molecule has 3 rings (SSSR count). The second-order valence-corrected chi connectivity index (χ2v) is 6.95. The maximum Gasteiger partial charge on any atom is 0.191 e. The van der Waals surface area contributed by atoms with Crippen LogP contribution in [-0.4, -0.2) is 43.7 Å². The number of aromatic nitrogens is 1. The average molecular weight is 518 g/mol. The SMILES string of the molecule is CN=C(NCCc1c(F)cccc1Cl)NC1CCN(c2ccccn2)CC1.I. The number of nitrogens with one attached hydrogen (secondary N) is 2. The lowest BCUT2D eigenvalue weighted by atomic mass is 10.1. The molecular formula is C20H26ClFIN5. The van der Waals surface area contributed by atoms with Crippen LogP contribution in [0, 0.1) is 5.82 Å². The molecule has 2 heterocycles. The molecule has 8 heteroatoms. The number of rotatable bonds is 5. The van der Waals surface area contributed by atoms with Gasteiger partial charge in [-0.05, 0) is 43.5 Å². The summed E-state index contributed by atoms with van der Waals surface area (Å²) in [4.78, 5) is 11.0. The summed E-state index contributed by atoms with van der Waals surface area (Å²) in [6.45, 7) is 2.47. The summed E-state index contributed by atoms with van der Waals surface area (Å²) in [5.74, 6) is 1.49. The van der Waals surface area contributed by atoms with E-state index in [0.717, 1.165) is 37.7 Å². The first kappa shape index (κ1) is 22.7. The van der Waals surface area contributed by atoms with E-state index in [1.165, 1.54) is 6.07 Å². The average Bonchev–Trinajstić information content (AvgIpc) is 2.70. The fourth-order valence-corrected chi connectivity index (χ4v) is 3.52. The number of halogens is 3. The second-order valence-electron chi connectivity index (χ2n) is 6.54. The Morgan fingerprint density at radius 1 is 1.25 bits per heavy atom. The van der Waals surface area contributed by atoms with Crippen molar-refractivity contribution in [3.63, 3.8) is 0 Å². The van der Waals surface area contributed by atoms with Crippen LogP contribution in [0.15, 0.2) is 47.6 Å². The summed E-state index contributed by atoms with van der Waals surface area (Å²) in [5.41, 5.74) is 0.533. The van der Waals surface area contributed by atoms with Crippen LogP contribution < -0.4 is 15.5 Å². The number of guanidine groups is 1. The van der Waals surface area contributed by atoms with Gasteiger partial charge in [-0.2, -0.15) is 0 Å². The van der Waals surface area contributed by atoms with E-state index < -0.39 is 0 Å². The summed E-state index contributed by atoms with van der Waals surface area (Å²) in [7, 11) is 1.74. The monoisotopic (exact) mass is 517 g/mol. The van der Waals surface area contributed by atoms with Crippen molar-refractivity contribution in [3.8, 4) is 0 Å². The van der Waals surface area contributed by atoms with E-state index in [2.05, 4.69) is 25.5 Å². The highest BCUT2D eigenvalue weighted by Crippen LogP contribution is 2.19. The predicted octanol–water partition coefficient (Wildman–Crippen LogP) is 3.87. The maximum atomic E-state index is 13.8. The fraction of sp³-hybridized carbons (Fsp3) is 0.400. The van der Waals surface area contributed by atoms with E-state index in [1.807, 2.05) is 24.4 Å². The zero-order valence-electron chi connectivity index (χ0n) is 15.9. The van der Waals surface area contributed by atoms with Gasteiger partial charge in [-0.15, -0.1) is 24.0 Å². The number of hydrogen-bond acceptors (Lipinski definition) is 3. The molecule has 0 unspecified atom stereocenters. The molecule has 2 aromatic rings. The van der Waals surface area contributed by atoms with Gasteiger partial charge >= 0.3 is 0 Å². The molecule has 1 aliphatic heterocycles. The van der Waals surface area contributed by atoms with Crippen molar-refractivity contribution in [2.24, 2.45) is 4.99 Å². The largest absolute Gasteiger partial charge is 0.356 e. The van der Waals surface area contributed by atoms with Crippen LogP contribution >= 0.6 is 35.6 Å². The minimum Gasteiger partial charge on any atom is -0.356 e. The molecule has 152 valence electrons. The van der Waals surface area contributed by atoms with E-state index in [9.17, 15) is 4.39 Å². The normalized spacial score (nSPS) is 15.1. The van der Waals surface area contributed by atoms with Gasteiger partial charge in [0.25, 0.3) is 0 Å². The van der Waals surface area contributed by atoms with Crippen LogP contribution in [-0.2, 0) is 6.42 Å². The quantitative estimate of drug-likeness (QED) is 0.359. The molecule has 1 aromatic heterocycles. The molecule has 1 fully saturated rings. The number of piperidine rings is 1. The molecule has 0 amide bonds. The summed E-state index contributed by atoms with van der Waals surface area (Å²) < 4.78 is 13.8. The van der Waals surface area contributed by atoms with Crippen molar-refractivity contribution < 1.29 is 4.39 Å². The Kier molecular flexibility index (Phi) is 9.24. The second kappa shape index (κ2) is 11.4. The van der Waals surface area contributed by atoms with Gasteiger partial charge < -0.3 is 15.5 Å². The molecule has 0 bridgehead atoms. The molecule has 28 heavy (non-hydrogen) atoms. The third-order valence-corrected chi connectivity index (χ3v) is 5.12. The van der Waals surface area contributed by atoms with Gasteiger partial charge in [-0.1, -0.05) is 23.7 Å². The fourth-order valence-electron chi connectivity index (χ4n) is 3.26.